The molecule has 0 spiro atoms. The minimum atomic E-state index is 0.935. The smallest absolute Gasteiger partial charge is 0.00227 e. The van der Waals surface area contributed by atoms with E-state index in [0.29, 0.717) is 0 Å². The van der Waals surface area contributed by atoms with E-state index in [1.54, 1.807) is 0 Å². The van der Waals surface area contributed by atoms with Crippen molar-refractivity contribution in [3.8, 4) is 0 Å². The number of hydrogen-bond donors (Lipinski definition) is 2. The maximum absolute atomic E-state index is 3.37. The molecule has 1 unspecified atom stereocenters. The van der Waals surface area contributed by atoms with Gasteiger partial charge in [0.1, 0.15) is 0 Å². The topological polar surface area (TPSA) is 24.1 Å². The fourth-order valence-corrected chi connectivity index (χ4v) is 1.60. The summed E-state index contributed by atoms with van der Waals surface area (Å²) in [6, 6.07) is 0. The van der Waals surface area contributed by atoms with Crippen LogP contribution in [-0.4, -0.2) is 26.2 Å². The van der Waals surface area contributed by atoms with E-state index in [1.807, 2.05) is 0 Å². The van der Waals surface area contributed by atoms with Crippen molar-refractivity contribution in [2.45, 2.75) is 52.9 Å². The van der Waals surface area contributed by atoms with Gasteiger partial charge in [0, 0.05) is 0 Å². The largest absolute Gasteiger partial charge is 0.317 e. The van der Waals surface area contributed by atoms with Gasteiger partial charge in [0.05, 0.1) is 0 Å². The summed E-state index contributed by atoms with van der Waals surface area (Å²) in [5.41, 5.74) is 0. The average molecular weight is 214 g/mol. The molecule has 0 aromatic carbocycles. The molecule has 15 heavy (non-hydrogen) atoms. The first-order chi connectivity index (χ1) is 7.31. The molecule has 0 amide bonds. The number of hydrogen-bond acceptors (Lipinski definition) is 2. The zero-order valence-corrected chi connectivity index (χ0v) is 10.9. The molecule has 1 fully saturated rings. The van der Waals surface area contributed by atoms with Crippen LogP contribution in [0.3, 0.4) is 0 Å². The van der Waals surface area contributed by atoms with E-state index in [9.17, 15) is 0 Å². The van der Waals surface area contributed by atoms with E-state index >= 15 is 0 Å². The van der Waals surface area contributed by atoms with Crippen molar-refractivity contribution in [1.82, 2.24) is 10.6 Å². The first kappa shape index (κ1) is 14.9. The predicted molar refractivity (Wildman–Crippen MR) is 69.3 cm³/mol. The van der Waals surface area contributed by atoms with E-state index in [4.69, 9.17) is 0 Å². The standard InChI is InChI=1S/C8H19N.C5H11N/c1-3-5-6-8-9-7-4-2;1-5-2-3-6-4-5/h9H,3-8H2,1-2H3;5-6H,2-4H2,1H3. The van der Waals surface area contributed by atoms with Crippen LogP contribution in [0.2, 0.25) is 0 Å². The monoisotopic (exact) mass is 214 g/mol. The van der Waals surface area contributed by atoms with E-state index in [1.165, 1.54) is 58.3 Å². The molecule has 0 aromatic heterocycles. The molecule has 92 valence electrons. The Balaban J connectivity index is 0.000000280. The molecular formula is C13H30N2. The lowest BCUT2D eigenvalue weighted by atomic mass is 10.2. The third kappa shape index (κ3) is 11.8. The molecule has 1 saturated heterocycles. The molecule has 1 rings (SSSR count). The van der Waals surface area contributed by atoms with Gasteiger partial charge in [-0.2, -0.15) is 0 Å². The van der Waals surface area contributed by atoms with Crippen LogP contribution < -0.4 is 10.6 Å². The summed E-state index contributed by atoms with van der Waals surface area (Å²) in [5.74, 6) is 0.935. The van der Waals surface area contributed by atoms with Crippen LogP contribution in [0.15, 0.2) is 0 Å². The summed E-state index contributed by atoms with van der Waals surface area (Å²) in [6.45, 7) is 11.6. The molecule has 0 bridgehead atoms. The van der Waals surface area contributed by atoms with E-state index in [2.05, 4.69) is 31.4 Å². The zero-order valence-electron chi connectivity index (χ0n) is 10.9. The maximum atomic E-state index is 3.37. The molecule has 1 aliphatic heterocycles. The first-order valence-electron chi connectivity index (χ1n) is 6.72. The molecule has 0 aromatic rings. The number of rotatable bonds is 6. The maximum Gasteiger partial charge on any atom is -0.00227 e. The molecule has 0 saturated carbocycles. The predicted octanol–water partition coefficient (Wildman–Crippen LogP) is 2.79. The van der Waals surface area contributed by atoms with E-state index in [-0.39, 0.29) is 0 Å². The molecule has 1 heterocycles. The number of unbranched alkanes of at least 4 members (excludes halogenated alkanes) is 2. The van der Waals surface area contributed by atoms with Crippen molar-refractivity contribution in [3.05, 3.63) is 0 Å². The van der Waals surface area contributed by atoms with E-state index < -0.39 is 0 Å². The van der Waals surface area contributed by atoms with Gasteiger partial charge in [0.15, 0.2) is 0 Å². The Morgan fingerprint density at radius 3 is 2.33 bits per heavy atom. The van der Waals surface area contributed by atoms with Crippen LogP contribution in [0.5, 0.6) is 0 Å². The Labute approximate surface area is 96.2 Å². The Morgan fingerprint density at radius 1 is 1.13 bits per heavy atom. The molecule has 1 aliphatic rings. The molecular weight excluding hydrogens is 184 g/mol. The van der Waals surface area contributed by atoms with Crippen molar-refractivity contribution in [3.63, 3.8) is 0 Å². The van der Waals surface area contributed by atoms with Crippen molar-refractivity contribution >= 4 is 0 Å². The van der Waals surface area contributed by atoms with Crippen LogP contribution in [0.1, 0.15) is 52.9 Å². The number of nitrogens with one attached hydrogen (secondary N) is 2. The Bertz CT molecular complexity index is 103. The van der Waals surface area contributed by atoms with Gasteiger partial charge in [-0.3, -0.25) is 0 Å². The Hall–Kier alpha value is -0.0800. The van der Waals surface area contributed by atoms with Gasteiger partial charge in [0.2, 0.25) is 0 Å². The fraction of sp³-hybridized carbons (Fsp3) is 1.00. The van der Waals surface area contributed by atoms with Crippen LogP contribution in [0.25, 0.3) is 0 Å². The minimum Gasteiger partial charge on any atom is -0.317 e. The Morgan fingerprint density at radius 2 is 1.93 bits per heavy atom. The average Bonchev–Trinajstić information content (AvgIpc) is 2.70. The lowest BCUT2D eigenvalue weighted by Crippen LogP contribution is -2.15. The van der Waals surface area contributed by atoms with Gasteiger partial charge in [-0.05, 0) is 51.4 Å². The molecule has 0 radical (unpaired) electrons. The highest BCUT2D eigenvalue weighted by molar-refractivity contribution is 4.65. The van der Waals surface area contributed by atoms with Crippen LogP contribution in [0, 0.1) is 5.92 Å². The lowest BCUT2D eigenvalue weighted by molar-refractivity contribution is 0.611. The summed E-state index contributed by atoms with van der Waals surface area (Å²) in [5, 5.41) is 6.64. The SMILES string of the molecule is CC1CCNC1.CCCCCNCCC. The highest BCUT2D eigenvalue weighted by atomic mass is 14.9. The summed E-state index contributed by atoms with van der Waals surface area (Å²) in [4.78, 5) is 0. The van der Waals surface area contributed by atoms with Gasteiger partial charge < -0.3 is 10.6 Å². The second-order valence-electron chi connectivity index (χ2n) is 4.56. The third-order valence-corrected chi connectivity index (χ3v) is 2.69. The van der Waals surface area contributed by atoms with Gasteiger partial charge in [-0.1, -0.05) is 33.6 Å². The third-order valence-electron chi connectivity index (χ3n) is 2.69. The van der Waals surface area contributed by atoms with Crippen molar-refractivity contribution in [2.75, 3.05) is 26.2 Å². The second kappa shape index (κ2) is 12.0. The normalized spacial score (nSPS) is 19.8. The Kier molecular flexibility index (Phi) is 11.9. The van der Waals surface area contributed by atoms with Crippen LogP contribution in [-0.2, 0) is 0 Å². The quantitative estimate of drug-likeness (QED) is 0.664. The summed E-state index contributed by atoms with van der Waals surface area (Å²) in [7, 11) is 0. The molecule has 1 atom stereocenters. The molecule has 2 heteroatoms. The summed E-state index contributed by atoms with van der Waals surface area (Å²) < 4.78 is 0. The van der Waals surface area contributed by atoms with Crippen molar-refractivity contribution in [1.29, 1.82) is 0 Å². The van der Waals surface area contributed by atoms with E-state index in [0.717, 1.165) is 5.92 Å². The highest BCUT2D eigenvalue weighted by Gasteiger charge is 2.06. The fourth-order valence-electron chi connectivity index (χ4n) is 1.60. The minimum absolute atomic E-state index is 0.935. The van der Waals surface area contributed by atoms with Gasteiger partial charge >= 0.3 is 0 Å². The molecule has 2 nitrogen and oxygen atoms in total. The second-order valence-corrected chi connectivity index (χ2v) is 4.56. The van der Waals surface area contributed by atoms with Crippen molar-refractivity contribution < 1.29 is 0 Å². The highest BCUT2D eigenvalue weighted by Crippen LogP contribution is 2.03. The summed E-state index contributed by atoms with van der Waals surface area (Å²) in [6.07, 6.45) is 6.67. The molecule has 2 N–H and O–H groups in total. The zero-order chi connectivity index (χ0) is 11.4. The van der Waals surface area contributed by atoms with Crippen LogP contribution >= 0.6 is 0 Å². The molecule has 0 aliphatic carbocycles. The van der Waals surface area contributed by atoms with Gasteiger partial charge in [-0.25, -0.2) is 0 Å². The van der Waals surface area contributed by atoms with Gasteiger partial charge in [-0.15, -0.1) is 0 Å². The summed E-state index contributed by atoms with van der Waals surface area (Å²) >= 11 is 0. The lowest BCUT2D eigenvalue weighted by Gasteiger charge is -1.99. The van der Waals surface area contributed by atoms with Gasteiger partial charge in [0.25, 0.3) is 0 Å². The first-order valence-corrected chi connectivity index (χ1v) is 6.72. The van der Waals surface area contributed by atoms with Crippen LogP contribution in [0.4, 0.5) is 0 Å². The van der Waals surface area contributed by atoms with Crippen molar-refractivity contribution in [2.24, 2.45) is 5.92 Å².